The molecule has 0 saturated carbocycles. The molecule has 0 aliphatic carbocycles. The number of nitrogens with zero attached hydrogens (tertiary/aromatic N) is 3. The highest BCUT2D eigenvalue weighted by atomic mass is 16.5. The van der Waals surface area contributed by atoms with Gasteiger partial charge in [-0.25, -0.2) is 0 Å². The molecule has 1 atom stereocenters. The lowest BCUT2D eigenvalue weighted by molar-refractivity contribution is 0.347. The van der Waals surface area contributed by atoms with Crippen LogP contribution in [0.1, 0.15) is 18.9 Å². The fraction of sp³-hybridized carbons (Fsp3) is 0.300. The zero-order chi connectivity index (χ0) is 10.7. The fourth-order valence-electron chi connectivity index (χ4n) is 1.15. The minimum Gasteiger partial charge on any atom is -0.337 e. The molecule has 2 heterocycles. The Morgan fingerprint density at radius 1 is 1.33 bits per heavy atom. The van der Waals surface area contributed by atoms with Crippen LogP contribution >= 0.6 is 0 Å². The van der Waals surface area contributed by atoms with Gasteiger partial charge in [-0.3, -0.25) is 4.98 Å². The summed E-state index contributed by atoms with van der Waals surface area (Å²) in [6.45, 7) is 1.96. The predicted octanol–water partition coefficient (Wildman–Crippen LogP) is 1.41. The Morgan fingerprint density at radius 2 is 2.07 bits per heavy atom. The first-order valence-electron chi connectivity index (χ1n) is 4.72. The molecular formula is C10H12N4O. The van der Waals surface area contributed by atoms with Crippen LogP contribution in [0.2, 0.25) is 0 Å². The van der Waals surface area contributed by atoms with Gasteiger partial charge in [0.05, 0.1) is 6.04 Å². The largest absolute Gasteiger partial charge is 0.337 e. The van der Waals surface area contributed by atoms with E-state index in [1.165, 1.54) is 0 Å². The number of pyridine rings is 1. The standard InChI is InChI=1S/C10H12N4O/c1-7(11-2)10-13-9(14-15-10)8-3-5-12-6-4-8/h3-7,11H,1-2H3. The van der Waals surface area contributed by atoms with E-state index >= 15 is 0 Å². The van der Waals surface area contributed by atoms with E-state index in [1.807, 2.05) is 26.1 Å². The summed E-state index contributed by atoms with van der Waals surface area (Å²) >= 11 is 0. The third kappa shape index (κ3) is 2.02. The Morgan fingerprint density at radius 3 is 2.73 bits per heavy atom. The molecule has 0 aliphatic rings. The van der Waals surface area contributed by atoms with Crippen molar-refractivity contribution < 1.29 is 4.52 Å². The number of aromatic nitrogens is 3. The molecule has 1 unspecified atom stereocenters. The first-order valence-corrected chi connectivity index (χ1v) is 4.72. The van der Waals surface area contributed by atoms with E-state index in [2.05, 4.69) is 20.4 Å². The van der Waals surface area contributed by atoms with Gasteiger partial charge >= 0.3 is 0 Å². The molecule has 0 bridgehead atoms. The average molecular weight is 204 g/mol. The molecule has 2 aromatic rings. The first-order chi connectivity index (χ1) is 7.31. The van der Waals surface area contributed by atoms with Gasteiger partial charge in [0.2, 0.25) is 11.7 Å². The molecule has 5 nitrogen and oxygen atoms in total. The summed E-state index contributed by atoms with van der Waals surface area (Å²) in [5.74, 6) is 1.18. The predicted molar refractivity (Wildman–Crippen MR) is 55.0 cm³/mol. The Labute approximate surface area is 87.5 Å². The summed E-state index contributed by atoms with van der Waals surface area (Å²) in [6.07, 6.45) is 3.40. The van der Waals surface area contributed by atoms with Gasteiger partial charge in [-0.05, 0) is 26.1 Å². The van der Waals surface area contributed by atoms with Gasteiger partial charge in [-0.1, -0.05) is 5.16 Å². The summed E-state index contributed by atoms with van der Waals surface area (Å²) in [5.41, 5.74) is 0.906. The number of nitrogens with one attached hydrogen (secondary N) is 1. The van der Waals surface area contributed by atoms with E-state index in [1.54, 1.807) is 12.4 Å². The lowest BCUT2D eigenvalue weighted by Gasteiger charge is -2.01. The van der Waals surface area contributed by atoms with E-state index in [0.717, 1.165) is 5.56 Å². The topological polar surface area (TPSA) is 63.8 Å². The van der Waals surface area contributed by atoms with Crippen molar-refractivity contribution in [1.29, 1.82) is 0 Å². The Balaban J connectivity index is 2.28. The summed E-state index contributed by atoms with van der Waals surface area (Å²) < 4.78 is 5.13. The summed E-state index contributed by atoms with van der Waals surface area (Å²) in [7, 11) is 1.85. The van der Waals surface area contributed by atoms with Crippen molar-refractivity contribution in [2.75, 3.05) is 7.05 Å². The molecule has 1 N–H and O–H groups in total. The van der Waals surface area contributed by atoms with Crippen molar-refractivity contribution in [2.45, 2.75) is 13.0 Å². The van der Waals surface area contributed by atoms with Crippen molar-refractivity contribution in [3.05, 3.63) is 30.4 Å². The highest BCUT2D eigenvalue weighted by molar-refractivity contribution is 5.52. The molecule has 5 heteroatoms. The summed E-state index contributed by atoms with van der Waals surface area (Å²) in [5, 5.41) is 6.94. The van der Waals surface area contributed by atoms with Crippen LogP contribution in [0, 0.1) is 0 Å². The molecule has 0 aliphatic heterocycles. The maximum Gasteiger partial charge on any atom is 0.243 e. The van der Waals surface area contributed by atoms with Crippen LogP contribution in [-0.2, 0) is 0 Å². The molecule has 0 aromatic carbocycles. The molecule has 0 saturated heterocycles. The van der Waals surface area contributed by atoms with Crippen molar-refractivity contribution >= 4 is 0 Å². The molecule has 0 fully saturated rings. The molecule has 2 aromatic heterocycles. The maximum atomic E-state index is 5.13. The second-order valence-electron chi connectivity index (χ2n) is 3.20. The average Bonchev–Trinajstić information content (AvgIpc) is 2.78. The zero-order valence-electron chi connectivity index (χ0n) is 8.64. The van der Waals surface area contributed by atoms with Gasteiger partial charge in [0.1, 0.15) is 0 Å². The van der Waals surface area contributed by atoms with Crippen LogP contribution in [0.25, 0.3) is 11.4 Å². The van der Waals surface area contributed by atoms with Crippen LogP contribution in [0.15, 0.2) is 29.0 Å². The van der Waals surface area contributed by atoms with Gasteiger partial charge in [0, 0.05) is 18.0 Å². The summed E-state index contributed by atoms with van der Waals surface area (Å²) in [6, 6.07) is 3.75. The highest BCUT2D eigenvalue weighted by Crippen LogP contribution is 2.16. The minimum atomic E-state index is 0.0630. The van der Waals surface area contributed by atoms with Crippen LogP contribution in [0.3, 0.4) is 0 Å². The van der Waals surface area contributed by atoms with Crippen molar-refractivity contribution in [3.8, 4) is 11.4 Å². The number of hydrogen-bond acceptors (Lipinski definition) is 5. The minimum absolute atomic E-state index is 0.0630. The third-order valence-electron chi connectivity index (χ3n) is 2.18. The smallest absolute Gasteiger partial charge is 0.243 e. The van der Waals surface area contributed by atoms with Crippen LogP contribution in [-0.4, -0.2) is 22.2 Å². The molecule has 78 valence electrons. The lowest BCUT2D eigenvalue weighted by atomic mass is 10.2. The van der Waals surface area contributed by atoms with Crippen LogP contribution in [0.5, 0.6) is 0 Å². The van der Waals surface area contributed by atoms with Gasteiger partial charge in [-0.2, -0.15) is 4.98 Å². The van der Waals surface area contributed by atoms with E-state index in [-0.39, 0.29) is 6.04 Å². The van der Waals surface area contributed by atoms with E-state index < -0.39 is 0 Å². The van der Waals surface area contributed by atoms with E-state index in [9.17, 15) is 0 Å². The normalized spacial score (nSPS) is 12.7. The van der Waals surface area contributed by atoms with Gasteiger partial charge in [0.25, 0.3) is 0 Å². The van der Waals surface area contributed by atoms with E-state index in [0.29, 0.717) is 11.7 Å². The Bertz CT molecular complexity index is 426. The van der Waals surface area contributed by atoms with Gasteiger partial charge in [0.15, 0.2) is 0 Å². The van der Waals surface area contributed by atoms with Crippen LogP contribution in [0.4, 0.5) is 0 Å². The second-order valence-corrected chi connectivity index (χ2v) is 3.20. The molecule has 15 heavy (non-hydrogen) atoms. The molecule has 0 radical (unpaired) electrons. The lowest BCUT2D eigenvalue weighted by Crippen LogP contribution is -2.12. The summed E-state index contributed by atoms with van der Waals surface area (Å²) in [4.78, 5) is 8.21. The van der Waals surface area contributed by atoms with E-state index in [4.69, 9.17) is 4.52 Å². The number of hydrogen-bond donors (Lipinski definition) is 1. The van der Waals surface area contributed by atoms with Crippen molar-refractivity contribution in [1.82, 2.24) is 20.4 Å². The van der Waals surface area contributed by atoms with Crippen LogP contribution < -0.4 is 5.32 Å². The molecule has 0 amide bonds. The quantitative estimate of drug-likeness (QED) is 0.819. The Kier molecular flexibility index (Phi) is 2.73. The molecule has 2 rings (SSSR count). The van der Waals surface area contributed by atoms with Crippen molar-refractivity contribution in [2.24, 2.45) is 0 Å². The monoisotopic (exact) mass is 204 g/mol. The first kappa shape index (κ1) is 9.79. The van der Waals surface area contributed by atoms with Gasteiger partial charge < -0.3 is 9.84 Å². The second kappa shape index (κ2) is 4.18. The highest BCUT2D eigenvalue weighted by Gasteiger charge is 2.12. The maximum absolute atomic E-state index is 5.13. The fourth-order valence-corrected chi connectivity index (χ4v) is 1.15. The number of rotatable bonds is 3. The molecule has 0 spiro atoms. The SMILES string of the molecule is CNC(C)c1nc(-c2ccncc2)no1. The third-order valence-corrected chi connectivity index (χ3v) is 2.18. The van der Waals surface area contributed by atoms with Crippen molar-refractivity contribution in [3.63, 3.8) is 0 Å². The van der Waals surface area contributed by atoms with Gasteiger partial charge in [-0.15, -0.1) is 0 Å². The molecular weight excluding hydrogens is 192 g/mol. The Hall–Kier alpha value is -1.75. The zero-order valence-corrected chi connectivity index (χ0v) is 8.64.